The van der Waals surface area contributed by atoms with E-state index in [9.17, 15) is 4.79 Å². The summed E-state index contributed by atoms with van der Waals surface area (Å²) in [7, 11) is 0. The summed E-state index contributed by atoms with van der Waals surface area (Å²) in [6.07, 6.45) is 3.29. The van der Waals surface area contributed by atoms with Crippen molar-refractivity contribution in [3.63, 3.8) is 0 Å². The lowest BCUT2D eigenvalue weighted by atomic mass is 9.95. The molecule has 0 aliphatic carbocycles. The number of aryl methyl sites for hydroxylation is 1. The van der Waals surface area contributed by atoms with Crippen molar-refractivity contribution in [3.05, 3.63) is 78.1 Å². The quantitative estimate of drug-likeness (QED) is 0.683. The van der Waals surface area contributed by atoms with E-state index in [1.165, 1.54) is 5.56 Å². The Labute approximate surface area is 178 Å². The summed E-state index contributed by atoms with van der Waals surface area (Å²) in [5.41, 5.74) is 4.37. The number of anilines is 1. The summed E-state index contributed by atoms with van der Waals surface area (Å²) < 4.78 is 0. The minimum absolute atomic E-state index is 0.0198. The third-order valence-corrected chi connectivity index (χ3v) is 5.85. The van der Waals surface area contributed by atoms with Gasteiger partial charge in [-0.15, -0.1) is 0 Å². The van der Waals surface area contributed by atoms with Crippen LogP contribution in [0.1, 0.15) is 36.9 Å². The number of hydrogen-bond donors (Lipinski definition) is 1. The molecule has 1 aliphatic heterocycles. The second-order valence-corrected chi connectivity index (χ2v) is 8.03. The van der Waals surface area contributed by atoms with Crippen molar-refractivity contribution in [3.8, 4) is 11.3 Å². The van der Waals surface area contributed by atoms with Crippen molar-refractivity contribution in [1.82, 2.24) is 15.3 Å². The Kier molecular flexibility index (Phi) is 6.07. The molecule has 3 aromatic rings. The second-order valence-electron chi connectivity index (χ2n) is 8.03. The molecule has 2 heterocycles. The molecule has 30 heavy (non-hydrogen) atoms. The van der Waals surface area contributed by atoms with Gasteiger partial charge in [0.25, 0.3) is 0 Å². The number of carbonyl (C=O) groups excluding carboxylic acids is 1. The molecular formula is C25H28N4O. The van der Waals surface area contributed by atoms with Crippen molar-refractivity contribution in [1.29, 1.82) is 0 Å². The zero-order valence-electron chi connectivity index (χ0n) is 17.6. The fourth-order valence-corrected chi connectivity index (χ4v) is 3.93. The van der Waals surface area contributed by atoms with Crippen LogP contribution in [-0.2, 0) is 4.79 Å². The number of nitrogens with zero attached hydrogens (tertiary/aromatic N) is 3. The van der Waals surface area contributed by atoms with E-state index in [1.807, 2.05) is 31.2 Å². The Bertz CT molecular complexity index is 980. The molecule has 2 aromatic carbocycles. The van der Waals surface area contributed by atoms with Crippen LogP contribution in [0, 0.1) is 12.8 Å². The van der Waals surface area contributed by atoms with Crippen LogP contribution in [0.2, 0.25) is 0 Å². The summed E-state index contributed by atoms with van der Waals surface area (Å²) in [5, 5.41) is 3.19. The van der Waals surface area contributed by atoms with Gasteiger partial charge in [0, 0.05) is 30.6 Å². The van der Waals surface area contributed by atoms with Gasteiger partial charge in [-0.2, -0.15) is 0 Å². The van der Waals surface area contributed by atoms with Crippen LogP contribution in [0.15, 0.2) is 67.0 Å². The Morgan fingerprint density at radius 2 is 1.73 bits per heavy atom. The van der Waals surface area contributed by atoms with Gasteiger partial charge < -0.3 is 10.2 Å². The fraction of sp³-hybridized carbons (Fsp3) is 0.320. The third kappa shape index (κ3) is 4.67. The fourth-order valence-electron chi connectivity index (χ4n) is 3.93. The summed E-state index contributed by atoms with van der Waals surface area (Å²) in [6, 6.07) is 20.5. The maximum absolute atomic E-state index is 12.8. The van der Waals surface area contributed by atoms with Crippen LogP contribution in [-0.4, -0.2) is 29.0 Å². The molecule has 1 atom stereocenters. The van der Waals surface area contributed by atoms with Crippen molar-refractivity contribution in [2.24, 2.45) is 5.92 Å². The van der Waals surface area contributed by atoms with E-state index in [2.05, 4.69) is 63.5 Å². The molecule has 1 fully saturated rings. The largest absolute Gasteiger partial charge is 0.356 e. The first-order valence-corrected chi connectivity index (χ1v) is 10.6. The molecule has 1 amide bonds. The molecule has 154 valence electrons. The van der Waals surface area contributed by atoms with E-state index < -0.39 is 0 Å². The van der Waals surface area contributed by atoms with Gasteiger partial charge in [0.2, 0.25) is 5.91 Å². The number of amides is 1. The molecule has 0 bridgehead atoms. The molecular weight excluding hydrogens is 372 g/mol. The molecule has 1 N–H and O–H groups in total. The highest BCUT2D eigenvalue weighted by molar-refractivity contribution is 5.79. The SMILES string of the molecule is Cc1ccc([C@@H](C)NC(=O)C2CCN(c3cc(-c4ccccc4)ncn3)CC2)cc1. The molecule has 1 aromatic heterocycles. The Morgan fingerprint density at radius 3 is 2.43 bits per heavy atom. The topological polar surface area (TPSA) is 58.1 Å². The van der Waals surface area contributed by atoms with E-state index in [1.54, 1.807) is 6.33 Å². The molecule has 0 spiro atoms. The van der Waals surface area contributed by atoms with Crippen molar-refractivity contribution < 1.29 is 4.79 Å². The zero-order valence-corrected chi connectivity index (χ0v) is 17.6. The number of piperidine rings is 1. The number of nitrogens with one attached hydrogen (secondary N) is 1. The molecule has 0 radical (unpaired) electrons. The number of aromatic nitrogens is 2. The third-order valence-electron chi connectivity index (χ3n) is 5.85. The van der Waals surface area contributed by atoms with Crippen molar-refractivity contribution >= 4 is 11.7 Å². The van der Waals surface area contributed by atoms with E-state index in [4.69, 9.17) is 0 Å². The summed E-state index contributed by atoms with van der Waals surface area (Å²) >= 11 is 0. The maximum Gasteiger partial charge on any atom is 0.223 e. The lowest BCUT2D eigenvalue weighted by Gasteiger charge is -2.32. The lowest BCUT2D eigenvalue weighted by molar-refractivity contribution is -0.126. The standard InChI is InChI=1S/C25H28N4O/c1-18-8-10-20(11-9-18)19(2)28-25(30)22-12-14-29(15-13-22)24-16-23(26-17-27-24)21-6-4-3-5-7-21/h3-11,16-17,19,22H,12-15H2,1-2H3,(H,28,30)/t19-/m1/s1. The van der Waals surface area contributed by atoms with Crippen LogP contribution in [0.3, 0.4) is 0 Å². The highest BCUT2D eigenvalue weighted by Gasteiger charge is 2.26. The van der Waals surface area contributed by atoms with Gasteiger partial charge in [0.05, 0.1) is 11.7 Å². The molecule has 5 nitrogen and oxygen atoms in total. The molecule has 4 rings (SSSR count). The first-order valence-electron chi connectivity index (χ1n) is 10.6. The predicted molar refractivity (Wildman–Crippen MR) is 120 cm³/mol. The highest BCUT2D eigenvalue weighted by atomic mass is 16.1. The van der Waals surface area contributed by atoms with E-state index in [0.717, 1.165) is 48.6 Å². The van der Waals surface area contributed by atoms with Crippen LogP contribution in [0.5, 0.6) is 0 Å². The lowest BCUT2D eigenvalue weighted by Crippen LogP contribution is -2.41. The van der Waals surface area contributed by atoms with Crippen LogP contribution >= 0.6 is 0 Å². The second kappa shape index (κ2) is 9.08. The van der Waals surface area contributed by atoms with Crippen molar-refractivity contribution in [2.45, 2.75) is 32.7 Å². The van der Waals surface area contributed by atoms with Gasteiger partial charge in [-0.05, 0) is 32.3 Å². The normalized spacial score (nSPS) is 15.6. The zero-order chi connectivity index (χ0) is 20.9. The number of rotatable bonds is 5. The van der Waals surface area contributed by atoms with E-state index >= 15 is 0 Å². The predicted octanol–water partition coefficient (Wildman–Crippen LogP) is 4.55. The smallest absolute Gasteiger partial charge is 0.223 e. The minimum atomic E-state index is 0.0198. The van der Waals surface area contributed by atoms with Gasteiger partial charge in [-0.3, -0.25) is 4.79 Å². The van der Waals surface area contributed by atoms with Crippen molar-refractivity contribution in [2.75, 3.05) is 18.0 Å². The minimum Gasteiger partial charge on any atom is -0.356 e. The monoisotopic (exact) mass is 400 g/mol. The van der Waals surface area contributed by atoms with Gasteiger partial charge in [0.1, 0.15) is 12.1 Å². The average molecular weight is 401 g/mol. The number of carbonyl (C=O) groups is 1. The number of hydrogen-bond acceptors (Lipinski definition) is 4. The molecule has 0 unspecified atom stereocenters. The van der Waals surface area contributed by atoms with Crippen LogP contribution in [0.4, 0.5) is 5.82 Å². The molecule has 0 saturated carbocycles. The van der Waals surface area contributed by atoms with E-state index in [0.29, 0.717) is 0 Å². The van der Waals surface area contributed by atoms with Crippen LogP contribution in [0.25, 0.3) is 11.3 Å². The summed E-state index contributed by atoms with van der Waals surface area (Å²) in [4.78, 5) is 23.9. The Balaban J connectivity index is 1.35. The first kappa shape index (κ1) is 20.1. The summed E-state index contributed by atoms with van der Waals surface area (Å²) in [5.74, 6) is 1.12. The van der Waals surface area contributed by atoms with E-state index in [-0.39, 0.29) is 17.9 Å². The molecule has 1 saturated heterocycles. The highest BCUT2D eigenvalue weighted by Crippen LogP contribution is 2.25. The number of benzene rings is 2. The first-order chi connectivity index (χ1) is 14.6. The van der Waals surface area contributed by atoms with Gasteiger partial charge in [-0.1, -0.05) is 60.2 Å². The average Bonchev–Trinajstić information content (AvgIpc) is 2.80. The van der Waals surface area contributed by atoms with Crippen LogP contribution < -0.4 is 10.2 Å². The Morgan fingerprint density at radius 1 is 1.03 bits per heavy atom. The van der Waals surface area contributed by atoms with Gasteiger partial charge >= 0.3 is 0 Å². The van der Waals surface area contributed by atoms with Gasteiger partial charge in [-0.25, -0.2) is 9.97 Å². The molecule has 5 heteroatoms. The summed E-state index contributed by atoms with van der Waals surface area (Å²) in [6.45, 7) is 5.76. The van der Waals surface area contributed by atoms with Gasteiger partial charge in [0.15, 0.2) is 0 Å². The Hall–Kier alpha value is -3.21. The molecule has 1 aliphatic rings. The maximum atomic E-state index is 12.8.